The summed E-state index contributed by atoms with van der Waals surface area (Å²) in [5.74, 6) is 0.828. The van der Waals surface area contributed by atoms with Gasteiger partial charge in [-0.05, 0) is 38.5 Å². The first-order chi connectivity index (χ1) is 14.9. The zero-order valence-corrected chi connectivity index (χ0v) is 19.1. The van der Waals surface area contributed by atoms with Crippen molar-refractivity contribution < 1.29 is 4.39 Å². The summed E-state index contributed by atoms with van der Waals surface area (Å²) in [4.78, 5) is 16.4. The number of hydrogen-bond donors (Lipinski definition) is 2. The van der Waals surface area contributed by atoms with Crippen LogP contribution in [0.15, 0.2) is 43.0 Å². The minimum Gasteiger partial charge on any atom is -0.396 e. The molecule has 0 aromatic carbocycles. The number of rotatable bonds is 10. The highest BCUT2D eigenvalue weighted by Gasteiger charge is 2.18. The average Bonchev–Trinajstić information content (AvgIpc) is 3.05. The number of anilines is 3. The molecule has 0 saturated carbocycles. The maximum absolute atomic E-state index is 13.7. The van der Waals surface area contributed by atoms with Crippen LogP contribution in [0, 0.1) is 19.7 Å². The fourth-order valence-electron chi connectivity index (χ4n) is 3.17. The molecule has 3 heterocycles. The number of nitrogens with two attached hydrogens (primary N) is 1. The van der Waals surface area contributed by atoms with E-state index in [9.17, 15) is 4.39 Å². The molecule has 3 aromatic heterocycles. The summed E-state index contributed by atoms with van der Waals surface area (Å²) in [6, 6.07) is 4.97. The topological polar surface area (TPSA) is 80.0 Å². The summed E-state index contributed by atoms with van der Waals surface area (Å²) >= 11 is 1.58. The Morgan fingerprint density at radius 2 is 2.00 bits per heavy atom. The number of halogens is 1. The van der Waals surface area contributed by atoms with Gasteiger partial charge in [-0.1, -0.05) is 32.8 Å². The molecule has 0 amide bonds. The van der Waals surface area contributed by atoms with Gasteiger partial charge < -0.3 is 16.0 Å². The molecule has 6 nitrogen and oxygen atoms in total. The third kappa shape index (κ3) is 5.79. The van der Waals surface area contributed by atoms with Crippen LogP contribution in [0.3, 0.4) is 0 Å². The second-order valence-corrected chi connectivity index (χ2v) is 8.65. The largest absolute Gasteiger partial charge is 0.396 e. The quantitative estimate of drug-likeness (QED) is 0.382. The van der Waals surface area contributed by atoms with Gasteiger partial charge in [0.25, 0.3) is 0 Å². The molecule has 0 unspecified atom stereocenters. The van der Waals surface area contributed by atoms with Gasteiger partial charge in [-0.2, -0.15) is 0 Å². The number of thiazole rings is 1. The first-order valence-electron chi connectivity index (χ1n) is 10.4. The normalized spacial score (nSPS) is 10.8. The van der Waals surface area contributed by atoms with Gasteiger partial charge in [0.05, 0.1) is 23.3 Å². The number of nitrogens with zero attached hydrogens (tertiary/aromatic N) is 4. The molecule has 8 heteroatoms. The highest BCUT2D eigenvalue weighted by Crippen LogP contribution is 2.30. The highest BCUT2D eigenvalue weighted by molar-refractivity contribution is 7.15. The lowest BCUT2D eigenvalue weighted by atomic mass is 10.1. The number of aryl methyl sites for hydroxylation is 2. The molecule has 0 atom stereocenters. The Kier molecular flexibility index (Phi) is 7.57. The highest BCUT2D eigenvalue weighted by atomic mass is 32.1. The molecular weight excluding hydrogens is 411 g/mol. The summed E-state index contributed by atoms with van der Waals surface area (Å²) in [7, 11) is 0. The summed E-state index contributed by atoms with van der Waals surface area (Å²) in [5, 5.41) is 4.09. The Balaban J connectivity index is 1.91. The first-order valence-corrected chi connectivity index (χ1v) is 11.3. The second-order valence-electron chi connectivity index (χ2n) is 7.45. The number of nitrogen functional groups attached to an aromatic ring is 1. The molecule has 0 aliphatic heterocycles. The van der Waals surface area contributed by atoms with E-state index in [-0.39, 0.29) is 0 Å². The number of nitrogens with one attached hydrogen (secondary N) is 1. The van der Waals surface area contributed by atoms with E-state index >= 15 is 0 Å². The third-order valence-corrected chi connectivity index (χ3v) is 5.99. The van der Waals surface area contributed by atoms with Crippen LogP contribution < -0.4 is 16.0 Å². The smallest absolute Gasteiger partial charge is 0.188 e. The minimum absolute atomic E-state index is 0.408. The van der Waals surface area contributed by atoms with Crippen molar-refractivity contribution in [1.29, 1.82) is 0 Å². The van der Waals surface area contributed by atoms with Crippen molar-refractivity contribution in [3.8, 4) is 11.3 Å². The molecule has 0 bridgehead atoms. The van der Waals surface area contributed by atoms with Crippen molar-refractivity contribution in [2.45, 2.75) is 46.5 Å². The van der Waals surface area contributed by atoms with E-state index in [0.717, 1.165) is 41.4 Å². The molecule has 0 fully saturated rings. The predicted octanol–water partition coefficient (Wildman–Crippen LogP) is 5.91. The van der Waals surface area contributed by atoms with Gasteiger partial charge >= 0.3 is 0 Å². The fraction of sp³-hybridized carbons (Fsp3) is 0.348. The van der Waals surface area contributed by atoms with Crippen molar-refractivity contribution in [3.05, 3.63) is 59.4 Å². The van der Waals surface area contributed by atoms with Crippen molar-refractivity contribution in [2.24, 2.45) is 0 Å². The summed E-state index contributed by atoms with van der Waals surface area (Å²) in [6.07, 6.45) is 7.15. The molecule has 0 spiro atoms. The Morgan fingerprint density at radius 3 is 2.68 bits per heavy atom. The number of unbranched alkanes of at least 4 members (excludes halogenated alkanes) is 3. The fourth-order valence-corrected chi connectivity index (χ4v) is 4.01. The van der Waals surface area contributed by atoms with Crippen molar-refractivity contribution >= 4 is 28.0 Å². The molecule has 3 N–H and O–H groups in total. The molecule has 0 saturated heterocycles. The number of aromatic nitrogens is 3. The zero-order valence-electron chi connectivity index (χ0n) is 18.3. The molecule has 0 aliphatic rings. The van der Waals surface area contributed by atoms with E-state index in [1.54, 1.807) is 29.7 Å². The molecule has 31 heavy (non-hydrogen) atoms. The van der Waals surface area contributed by atoms with Gasteiger partial charge in [-0.15, -0.1) is 11.3 Å². The standard InChI is InChI=1S/C23H29FN6S/c1-5-6-7-8-11-30(17(4)28-23-27-15(2)16(3)31-23)22-20(25)9-10-21(29-22)18-12-19(24)14-26-13-18/h9-10,12-14H,4-8,11,25H2,1-3H3,(H,27,28). The van der Waals surface area contributed by atoms with Gasteiger partial charge in [0, 0.05) is 23.2 Å². The summed E-state index contributed by atoms with van der Waals surface area (Å²) < 4.78 is 13.7. The van der Waals surface area contributed by atoms with E-state index in [4.69, 9.17) is 10.7 Å². The number of pyridine rings is 2. The Hall–Kier alpha value is -3.00. The summed E-state index contributed by atoms with van der Waals surface area (Å²) in [6.45, 7) is 11.1. The SMILES string of the molecule is C=C(Nc1nc(C)c(C)s1)N(CCCCCC)c1nc(-c2cncc(F)c2)ccc1N. The van der Waals surface area contributed by atoms with E-state index in [1.807, 2.05) is 18.7 Å². The molecule has 0 radical (unpaired) electrons. The Labute approximate surface area is 187 Å². The molecular formula is C23H29FN6S. The molecule has 0 aliphatic carbocycles. The van der Waals surface area contributed by atoms with Gasteiger partial charge in [-0.25, -0.2) is 14.4 Å². The van der Waals surface area contributed by atoms with Gasteiger partial charge in [0.1, 0.15) is 11.6 Å². The van der Waals surface area contributed by atoms with Crippen LogP contribution in [0.4, 0.5) is 21.0 Å². The minimum atomic E-state index is -0.408. The van der Waals surface area contributed by atoms with Crippen molar-refractivity contribution in [3.63, 3.8) is 0 Å². The lowest BCUT2D eigenvalue weighted by Gasteiger charge is -2.27. The molecule has 3 aromatic rings. The Bertz CT molecular complexity index is 1030. The van der Waals surface area contributed by atoms with Crippen LogP contribution in [-0.4, -0.2) is 21.5 Å². The first kappa shape index (κ1) is 22.7. The van der Waals surface area contributed by atoms with E-state index in [1.165, 1.54) is 12.3 Å². The van der Waals surface area contributed by atoms with Crippen LogP contribution >= 0.6 is 11.3 Å². The Morgan fingerprint density at radius 1 is 1.19 bits per heavy atom. The van der Waals surface area contributed by atoms with Crippen LogP contribution in [0.25, 0.3) is 11.3 Å². The average molecular weight is 441 g/mol. The number of hydrogen-bond acceptors (Lipinski definition) is 7. The molecule has 3 rings (SSSR count). The van der Waals surface area contributed by atoms with Crippen molar-refractivity contribution in [2.75, 3.05) is 22.5 Å². The zero-order chi connectivity index (χ0) is 22.4. The van der Waals surface area contributed by atoms with Crippen molar-refractivity contribution in [1.82, 2.24) is 15.0 Å². The predicted molar refractivity (Wildman–Crippen MR) is 128 cm³/mol. The van der Waals surface area contributed by atoms with Gasteiger partial charge in [0.15, 0.2) is 10.9 Å². The van der Waals surface area contributed by atoms with E-state index < -0.39 is 5.82 Å². The third-order valence-electron chi connectivity index (χ3n) is 5.00. The second kappa shape index (κ2) is 10.3. The monoisotopic (exact) mass is 440 g/mol. The molecule has 164 valence electrons. The maximum Gasteiger partial charge on any atom is 0.188 e. The van der Waals surface area contributed by atoms with E-state index in [2.05, 4.69) is 28.8 Å². The van der Waals surface area contributed by atoms with Crippen LogP contribution in [0.1, 0.15) is 43.2 Å². The van der Waals surface area contributed by atoms with Gasteiger partial charge in [0.2, 0.25) is 0 Å². The maximum atomic E-state index is 13.7. The lowest BCUT2D eigenvalue weighted by molar-refractivity contribution is 0.622. The van der Waals surface area contributed by atoms with Crippen LogP contribution in [0.5, 0.6) is 0 Å². The lowest BCUT2D eigenvalue weighted by Crippen LogP contribution is -2.29. The summed E-state index contributed by atoms with van der Waals surface area (Å²) in [5.41, 5.74) is 9.03. The van der Waals surface area contributed by atoms with Crippen LogP contribution in [0.2, 0.25) is 0 Å². The van der Waals surface area contributed by atoms with Gasteiger partial charge in [-0.3, -0.25) is 4.98 Å². The van der Waals surface area contributed by atoms with Crippen LogP contribution in [-0.2, 0) is 0 Å². The van der Waals surface area contributed by atoms with E-state index in [0.29, 0.717) is 35.1 Å².